The number of carbonyl (C=O) groups is 1. The van der Waals surface area contributed by atoms with Crippen LogP contribution in [0.5, 0.6) is 0 Å². The molecule has 7 heteroatoms. The Hall–Kier alpha value is -0.820. The van der Waals surface area contributed by atoms with Crippen molar-refractivity contribution < 1.29 is 22.5 Å². The van der Waals surface area contributed by atoms with Crippen LogP contribution in [0.3, 0.4) is 0 Å². The molecule has 1 amide bonds. The Balaban J connectivity index is 2.33. The molecule has 1 heterocycles. The molecule has 1 aliphatic heterocycles. The van der Waals surface area contributed by atoms with Crippen LogP contribution in [0.2, 0.25) is 0 Å². The maximum atomic E-state index is 10.7. The Bertz CT molecular complexity index is 312. The first-order chi connectivity index (χ1) is 6.38. The number of carboxylic acid groups (broad SMARTS) is 1. The SMILES string of the molecule is CS(=O)(=O)OC[C@@H]1CCN(C(=O)O)C1. The highest BCUT2D eigenvalue weighted by molar-refractivity contribution is 7.85. The van der Waals surface area contributed by atoms with Crippen molar-refractivity contribution in [3.05, 3.63) is 0 Å². The molecule has 14 heavy (non-hydrogen) atoms. The van der Waals surface area contributed by atoms with Gasteiger partial charge in [-0.15, -0.1) is 0 Å². The van der Waals surface area contributed by atoms with E-state index in [1.54, 1.807) is 0 Å². The fraction of sp³-hybridized carbons (Fsp3) is 0.857. The van der Waals surface area contributed by atoms with Crippen molar-refractivity contribution in [3.8, 4) is 0 Å². The molecule has 0 aromatic carbocycles. The highest BCUT2D eigenvalue weighted by Crippen LogP contribution is 2.16. The molecule has 0 aromatic heterocycles. The molecule has 1 N–H and O–H groups in total. The maximum absolute atomic E-state index is 10.7. The van der Waals surface area contributed by atoms with E-state index in [0.717, 1.165) is 6.26 Å². The van der Waals surface area contributed by atoms with Crippen molar-refractivity contribution in [3.63, 3.8) is 0 Å². The number of nitrogens with zero attached hydrogens (tertiary/aromatic N) is 1. The number of hydrogen-bond donors (Lipinski definition) is 1. The van der Waals surface area contributed by atoms with E-state index in [1.807, 2.05) is 0 Å². The lowest BCUT2D eigenvalue weighted by molar-refractivity contribution is 0.152. The molecule has 1 saturated heterocycles. The monoisotopic (exact) mass is 223 g/mol. The van der Waals surface area contributed by atoms with E-state index in [9.17, 15) is 13.2 Å². The molecule has 1 aliphatic rings. The van der Waals surface area contributed by atoms with E-state index in [-0.39, 0.29) is 12.5 Å². The molecule has 1 rings (SSSR count). The summed E-state index contributed by atoms with van der Waals surface area (Å²) in [5, 5.41) is 8.63. The quantitative estimate of drug-likeness (QED) is 0.679. The summed E-state index contributed by atoms with van der Waals surface area (Å²) in [5.41, 5.74) is 0. The first-order valence-electron chi connectivity index (χ1n) is 4.21. The number of hydrogen-bond acceptors (Lipinski definition) is 4. The van der Waals surface area contributed by atoms with Crippen molar-refractivity contribution in [1.82, 2.24) is 4.90 Å². The third kappa shape index (κ3) is 3.51. The number of rotatable bonds is 3. The van der Waals surface area contributed by atoms with E-state index in [0.29, 0.717) is 19.5 Å². The zero-order valence-corrected chi connectivity index (χ0v) is 8.66. The first kappa shape index (κ1) is 11.3. The second-order valence-electron chi connectivity index (χ2n) is 3.37. The molecule has 0 aromatic rings. The predicted octanol–water partition coefficient (Wildman–Crippen LogP) is -0.0375. The molecular formula is C7H13NO5S. The van der Waals surface area contributed by atoms with E-state index in [4.69, 9.17) is 5.11 Å². The second kappa shape index (κ2) is 4.14. The van der Waals surface area contributed by atoms with E-state index >= 15 is 0 Å². The van der Waals surface area contributed by atoms with Gasteiger partial charge in [0.1, 0.15) is 0 Å². The average Bonchev–Trinajstić information content (AvgIpc) is 2.47. The van der Waals surface area contributed by atoms with E-state index < -0.39 is 16.2 Å². The number of amides is 1. The summed E-state index contributed by atoms with van der Waals surface area (Å²) in [6.07, 6.45) is 0.672. The van der Waals surface area contributed by atoms with Gasteiger partial charge >= 0.3 is 6.09 Å². The van der Waals surface area contributed by atoms with Crippen LogP contribution in [0.25, 0.3) is 0 Å². The molecule has 0 saturated carbocycles. The number of likely N-dealkylation sites (tertiary alicyclic amines) is 1. The maximum Gasteiger partial charge on any atom is 0.407 e. The van der Waals surface area contributed by atoms with Gasteiger partial charge < -0.3 is 10.0 Å². The summed E-state index contributed by atoms with van der Waals surface area (Å²) < 4.78 is 25.9. The second-order valence-corrected chi connectivity index (χ2v) is 5.02. The summed E-state index contributed by atoms with van der Waals surface area (Å²) in [7, 11) is -3.42. The molecule has 1 fully saturated rings. The minimum atomic E-state index is -3.42. The average molecular weight is 223 g/mol. The van der Waals surface area contributed by atoms with E-state index in [2.05, 4.69) is 4.18 Å². The van der Waals surface area contributed by atoms with Crippen LogP contribution in [-0.2, 0) is 14.3 Å². The zero-order valence-electron chi connectivity index (χ0n) is 7.84. The van der Waals surface area contributed by atoms with Crippen molar-refractivity contribution in [2.45, 2.75) is 6.42 Å². The van der Waals surface area contributed by atoms with Crippen molar-refractivity contribution in [1.29, 1.82) is 0 Å². The van der Waals surface area contributed by atoms with Gasteiger partial charge in [0, 0.05) is 19.0 Å². The van der Waals surface area contributed by atoms with Crippen molar-refractivity contribution in [2.75, 3.05) is 26.0 Å². The van der Waals surface area contributed by atoms with Crippen molar-refractivity contribution >= 4 is 16.2 Å². The lowest BCUT2D eigenvalue weighted by Crippen LogP contribution is -2.27. The van der Waals surface area contributed by atoms with Gasteiger partial charge in [0.2, 0.25) is 0 Å². The lowest BCUT2D eigenvalue weighted by Gasteiger charge is -2.11. The minimum Gasteiger partial charge on any atom is -0.465 e. The van der Waals surface area contributed by atoms with Gasteiger partial charge in [-0.3, -0.25) is 4.18 Å². The third-order valence-electron chi connectivity index (χ3n) is 2.07. The smallest absolute Gasteiger partial charge is 0.407 e. The fourth-order valence-corrected chi connectivity index (χ4v) is 1.80. The van der Waals surface area contributed by atoms with Gasteiger partial charge in [-0.2, -0.15) is 8.42 Å². The predicted molar refractivity (Wildman–Crippen MR) is 48.5 cm³/mol. The third-order valence-corrected chi connectivity index (χ3v) is 2.64. The molecule has 0 bridgehead atoms. The Labute approximate surface area is 82.6 Å². The summed E-state index contributed by atoms with van der Waals surface area (Å²) in [4.78, 5) is 11.8. The molecule has 82 valence electrons. The molecule has 0 radical (unpaired) electrons. The van der Waals surface area contributed by atoms with Gasteiger partial charge in [0.05, 0.1) is 12.9 Å². The highest BCUT2D eigenvalue weighted by atomic mass is 32.2. The van der Waals surface area contributed by atoms with Gasteiger partial charge in [0.15, 0.2) is 0 Å². The standard InChI is InChI=1S/C7H13NO5S/c1-14(11,12)13-5-6-2-3-8(4-6)7(9)10/h6H,2-5H2,1H3,(H,9,10)/t6-/m1/s1. The van der Waals surface area contributed by atoms with Gasteiger partial charge in [0.25, 0.3) is 10.1 Å². The summed E-state index contributed by atoms with van der Waals surface area (Å²) in [5.74, 6) is -0.0131. The van der Waals surface area contributed by atoms with Crippen LogP contribution in [0.15, 0.2) is 0 Å². The first-order valence-corrected chi connectivity index (χ1v) is 6.02. The van der Waals surface area contributed by atoms with Crippen LogP contribution < -0.4 is 0 Å². The molecular weight excluding hydrogens is 210 g/mol. The Morgan fingerprint density at radius 2 is 2.29 bits per heavy atom. The molecule has 0 aliphatic carbocycles. The zero-order chi connectivity index (χ0) is 10.8. The van der Waals surface area contributed by atoms with Crippen LogP contribution >= 0.6 is 0 Å². The highest BCUT2D eigenvalue weighted by Gasteiger charge is 2.26. The van der Waals surface area contributed by atoms with Gasteiger partial charge in [-0.05, 0) is 6.42 Å². The summed E-state index contributed by atoms with van der Waals surface area (Å²) >= 11 is 0. The largest absolute Gasteiger partial charge is 0.465 e. The van der Waals surface area contributed by atoms with Gasteiger partial charge in [-0.25, -0.2) is 4.79 Å². The van der Waals surface area contributed by atoms with Crippen LogP contribution in [0, 0.1) is 5.92 Å². The Kier molecular flexibility index (Phi) is 3.33. The Morgan fingerprint density at radius 1 is 1.64 bits per heavy atom. The Morgan fingerprint density at radius 3 is 2.71 bits per heavy atom. The molecule has 6 nitrogen and oxygen atoms in total. The fourth-order valence-electron chi connectivity index (χ4n) is 1.36. The molecule has 0 unspecified atom stereocenters. The van der Waals surface area contributed by atoms with Crippen LogP contribution in [0.4, 0.5) is 4.79 Å². The van der Waals surface area contributed by atoms with Gasteiger partial charge in [-0.1, -0.05) is 0 Å². The van der Waals surface area contributed by atoms with Crippen LogP contribution in [-0.4, -0.2) is 50.5 Å². The lowest BCUT2D eigenvalue weighted by atomic mass is 10.1. The topological polar surface area (TPSA) is 83.9 Å². The van der Waals surface area contributed by atoms with Crippen LogP contribution in [0.1, 0.15) is 6.42 Å². The minimum absolute atomic E-state index is 0.0131. The van der Waals surface area contributed by atoms with Crippen molar-refractivity contribution in [2.24, 2.45) is 5.92 Å². The normalized spacial score (nSPS) is 22.6. The van der Waals surface area contributed by atoms with E-state index in [1.165, 1.54) is 4.90 Å². The summed E-state index contributed by atoms with van der Waals surface area (Å²) in [6.45, 7) is 0.876. The summed E-state index contributed by atoms with van der Waals surface area (Å²) in [6, 6.07) is 0. The molecule has 1 atom stereocenters. The molecule has 0 spiro atoms.